The number of carbonyl (C=O) groups is 1. The van der Waals surface area contributed by atoms with Gasteiger partial charge in [0, 0.05) is 18.3 Å². The van der Waals surface area contributed by atoms with E-state index in [1.807, 2.05) is 27.7 Å². The second kappa shape index (κ2) is 6.86. The number of amides is 1. The Hall–Kier alpha value is -2.29. The summed E-state index contributed by atoms with van der Waals surface area (Å²) in [4.78, 5) is 18.1. The molecule has 1 amide bonds. The molecule has 0 spiro atoms. The van der Waals surface area contributed by atoms with E-state index in [2.05, 4.69) is 11.1 Å². The van der Waals surface area contributed by atoms with Crippen molar-refractivity contribution in [2.75, 3.05) is 6.54 Å². The number of aromatic nitrogens is 1. The van der Waals surface area contributed by atoms with E-state index in [9.17, 15) is 4.79 Å². The standard InChI is InChI=1S/C17H23N3O3/c1-12-5-6-14(11-20(12)16(21)23-17(2,3)4)22-15-9-13(10-18)7-8-19-15/h7-9,12,14H,5-6,11H2,1-4H3. The molecular formula is C17H23N3O3. The SMILES string of the molecule is CC1CCC(Oc2cc(C#N)ccn2)CN1C(=O)OC(C)(C)C. The number of piperidine rings is 1. The van der Waals surface area contributed by atoms with Crippen LogP contribution in [-0.2, 0) is 4.74 Å². The largest absolute Gasteiger partial charge is 0.472 e. The maximum absolute atomic E-state index is 12.3. The van der Waals surface area contributed by atoms with Crippen LogP contribution in [0.2, 0.25) is 0 Å². The van der Waals surface area contributed by atoms with Gasteiger partial charge >= 0.3 is 6.09 Å². The molecule has 2 heterocycles. The summed E-state index contributed by atoms with van der Waals surface area (Å²) in [6, 6.07) is 5.41. The lowest BCUT2D eigenvalue weighted by Gasteiger charge is -2.38. The minimum atomic E-state index is -0.521. The predicted molar refractivity (Wildman–Crippen MR) is 85.0 cm³/mol. The lowest BCUT2D eigenvalue weighted by Crippen LogP contribution is -2.50. The van der Waals surface area contributed by atoms with Crippen LogP contribution in [0.5, 0.6) is 5.88 Å². The third-order valence-corrected chi connectivity index (χ3v) is 3.62. The zero-order valence-electron chi connectivity index (χ0n) is 14.1. The second-order valence-electron chi connectivity index (χ2n) is 6.79. The molecule has 2 atom stereocenters. The summed E-state index contributed by atoms with van der Waals surface area (Å²) < 4.78 is 11.3. The first-order chi connectivity index (χ1) is 10.8. The van der Waals surface area contributed by atoms with Gasteiger partial charge < -0.3 is 14.4 Å². The fourth-order valence-electron chi connectivity index (χ4n) is 2.46. The van der Waals surface area contributed by atoms with Crippen molar-refractivity contribution in [1.82, 2.24) is 9.88 Å². The molecule has 6 heteroatoms. The van der Waals surface area contributed by atoms with E-state index in [-0.39, 0.29) is 18.2 Å². The molecule has 0 saturated carbocycles. The number of rotatable bonds is 2. The third kappa shape index (κ3) is 4.85. The molecule has 0 N–H and O–H groups in total. The van der Waals surface area contributed by atoms with E-state index in [0.29, 0.717) is 18.0 Å². The van der Waals surface area contributed by atoms with E-state index >= 15 is 0 Å². The molecule has 1 aliphatic heterocycles. The van der Waals surface area contributed by atoms with E-state index in [0.717, 1.165) is 12.8 Å². The Kier molecular flexibility index (Phi) is 5.09. The van der Waals surface area contributed by atoms with Crippen LogP contribution in [0.3, 0.4) is 0 Å². The molecule has 1 aromatic rings. The van der Waals surface area contributed by atoms with Crippen molar-refractivity contribution in [3.8, 4) is 11.9 Å². The first kappa shape index (κ1) is 17.1. The van der Waals surface area contributed by atoms with Gasteiger partial charge in [0.05, 0.1) is 18.2 Å². The summed E-state index contributed by atoms with van der Waals surface area (Å²) in [5.74, 6) is 0.410. The summed E-state index contributed by atoms with van der Waals surface area (Å²) >= 11 is 0. The zero-order chi connectivity index (χ0) is 17.0. The maximum atomic E-state index is 12.3. The van der Waals surface area contributed by atoms with Crippen LogP contribution in [0.4, 0.5) is 4.79 Å². The normalized spacial score (nSPS) is 21.4. The quantitative estimate of drug-likeness (QED) is 0.837. The number of hydrogen-bond donors (Lipinski definition) is 0. The van der Waals surface area contributed by atoms with Crippen molar-refractivity contribution in [1.29, 1.82) is 5.26 Å². The molecule has 1 fully saturated rings. The molecule has 1 aliphatic rings. The van der Waals surface area contributed by atoms with Gasteiger partial charge in [-0.3, -0.25) is 0 Å². The van der Waals surface area contributed by atoms with Gasteiger partial charge in [-0.05, 0) is 46.6 Å². The Labute approximate surface area is 137 Å². The predicted octanol–water partition coefficient (Wildman–Crippen LogP) is 3.12. The van der Waals surface area contributed by atoms with Crippen molar-refractivity contribution in [3.63, 3.8) is 0 Å². The molecule has 23 heavy (non-hydrogen) atoms. The van der Waals surface area contributed by atoms with E-state index in [1.165, 1.54) is 0 Å². The van der Waals surface area contributed by atoms with Crippen LogP contribution >= 0.6 is 0 Å². The van der Waals surface area contributed by atoms with Crippen LogP contribution in [0, 0.1) is 11.3 Å². The summed E-state index contributed by atoms with van der Waals surface area (Å²) in [7, 11) is 0. The highest BCUT2D eigenvalue weighted by Crippen LogP contribution is 2.23. The summed E-state index contributed by atoms with van der Waals surface area (Å²) in [5, 5.41) is 8.92. The van der Waals surface area contributed by atoms with Crippen molar-refractivity contribution in [3.05, 3.63) is 23.9 Å². The second-order valence-corrected chi connectivity index (χ2v) is 6.79. The van der Waals surface area contributed by atoms with Crippen molar-refractivity contribution in [2.24, 2.45) is 0 Å². The molecule has 124 valence electrons. The number of likely N-dealkylation sites (tertiary alicyclic amines) is 1. The monoisotopic (exact) mass is 317 g/mol. The first-order valence-electron chi connectivity index (χ1n) is 7.81. The fraction of sp³-hybridized carbons (Fsp3) is 0.588. The van der Waals surface area contributed by atoms with E-state index < -0.39 is 5.60 Å². The molecule has 1 aromatic heterocycles. The van der Waals surface area contributed by atoms with Gasteiger partial charge in [-0.25, -0.2) is 9.78 Å². The smallest absolute Gasteiger partial charge is 0.410 e. The van der Waals surface area contributed by atoms with Gasteiger partial charge in [-0.15, -0.1) is 0 Å². The van der Waals surface area contributed by atoms with E-state index in [4.69, 9.17) is 14.7 Å². The number of hydrogen-bond acceptors (Lipinski definition) is 5. The van der Waals surface area contributed by atoms with Gasteiger partial charge in [0.2, 0.25) is 5.88 Å². The number of nitrogens with zero attached hydrogens (tertiary/aromatic N) is 3. The van der Waals surface area contributed by atoms with Crippen LogP contribution in [0.25, 0.3) is 0 Å². The molecule has 1 saturated heterocycles. The van der Waals surface area contributed by atoms with Crippen LogP contribution < -0.4 is 4.74 Å². The Balaban J connectivity index is 2.02. The summed E-state index contributed by atoms with van der Waals surface area (Å²) in [5.41, 5.74) is -0.0176. The van der Waals surface area contributed by atoms with Gasteiger partial charge in [0.25, 0.3) is 0 Å². The van der Waals surface area contributed by atoms with Gasteiger partial charge in [0.1, 0.15) is 11.7 Å². The number of pyridine rings is 1. The Morgan fingerprint density at radius 1 is 1.43 bits per heavy atom. The lowest BCUT2D eigenvalue weighted by molar-refractivity contribution is -0.00598. The van der Waals surface area contributed by atoms with Crippen molar-refractivity contribution >= 4 is 6.09 Å². The minimum Gasteiger partial charge on any atom is -0.472 e. The molecule has 2 rings (SSSR count). The molecular weight excluding hydrogens is 294 g/mol. The van der Waals surface area contributed by atoms with Crippen LogP contribution in [0.15, 0.2) is 18.3 Å². The Bertz CT molecular complexity index is 604. The zero-order valence-corrected chi connectivity index (χ0v) is 14.1. The highest BCUT2D eigenvalue weighted by molar-refractivity contribution is 5.68. The number of carbonyl (C=O) groups excluding carboxylic acids is 1. The molecule has 2 unspecified atom stereocenters. The van der Waals surface area contributed by atoms with Crippen LogP contribution in [0.1, 0.15) is 46.1 Å². The Morgan fingerprint density at radius 2 is 2.17 bits per heavy atom. The first-order valence-corrected chi connectivity index (χ1v) is 7.81. The average Bonchev–Trinajstić information content (AvgIpc) is 2.47. The molecule has 0 bridgehead atoms. The van der Waals surface area contributed by atoms with E-state index in [1.54, 1.807) is 23.2 Å². The summed E-state index contributed by atoms with van der Waals surface area (Å²) in [6.45, 7) is 8.02. The van der Waals surface area contributed by atoms with Crippen LogP contribution in [-0.4, -0.2) is 40.3 Å². The topological polar surface area (TPSA) is 75.5 Å². The summed E-state index contributed by atoms with van der Waals surface area (Å²) in [6.07, 6.45) is 2.74. The van der Waals surface area contributed by atoms with Gasteiger partial charge in [-0.2, -0.15) is 5.26 Å². The highest BCUT2D eigenvalue weighted by atomic mass is 16.6. The van der Waals surface area contributed by atoms with Crippen molar-refractivity contribution in [2.45, 2.75) is 58.3 Å². The number of nitriles is 1. The average molecular weight is 317 g/mol. The maximum Gasteiger partial charge on any atom is 0.410 e. The lowest BCUT2D eigenvalue weighted by atomic mass is 10.0. The molecule has 6 nitrogen and oxygen atoms in total. The Morgan fingerprint density at radius 3 is 2.83 bits per heavy atom. The molecule has 0 aliphatic carbocycles. The molecule has 0 radical (unpaired) electrons. The fourth-order valence-corrected chi connectivity index (χ4v) is 2.46. The van der Waals surface area contributed by atoms with Gasteiger partial charge in [0.15, 0.2) is 0 Å². The highest BCUT2D eigenvalue weighted by Gasteiger charge is 2.33. The van der Waals surface area contributed by atoms with Gasteiger partial charge in [-0.1, -0.05) is 0 Å². The third-order valence-electron chi connectivity index (χ3n) is 3.62. The minimum absolute atomic E-state index is 0.114. The molecule has 0 aromatic carbocycles. The number of ether oxygens (including phenoxy) is 2. The van der Waals surface area contributed by atoms with Crippen molar-refractivity contribution < 1.29 is 14.3 Å².